The van der Waals surface area contributed by atoms with Crippen molar-refractivity contribution in [2.45, 2.75) is 19.8 Å². The van der Waals surface area contributed by atoms with Gasteiger partial charge in [0.25, 0.3) is 11.8 Å². The molecule has 1 aromatic heterocycles. The molecule has 0 fully saturated rings. The molecule has 1 atom stereocenters. The maximum Gasteiger partial charge on any atom is 0.307 e. The largest absolute Gasteiger partial charge is 0.469 e. The van der Waals surface area contributed by atoms with Crippen LogP contribution in [-0.4, -0.2) is 49.4 Å². The number of hydrogen-bond acceptors (Lipinski definition) is 7. The molecule has 36 heavy (non-hydrogen) atoms. The first-order chi connectivity index (χ1) is 17.4. The summed E-state index contributed by atoms with van der Waals surface area (Å²) in [6.07, 6.45) is 4.89. The zero-order valence-electron chi connectivity index (χ0n) is 20.6. The third-order valence-electron chi connectivity index (χ3n) is 6.16. The van der Waals surface area contributed by atoms with Crippen LogP contribution in [0.5, 0.6) is 0 Å². The molecule has 1 N–H and O–H groups in total. The summed E-state index contributed by atoms with van der Waals surface area (Å²) in [7, 11) is 3.02. The molecule has 0 spiro atoms. The van der Waals surface area contributed by atoms with E-state index in [1.165, 1.54) is 12.7 Å². The van der Waals surface area contributed by atoms with Gasteiger partial charge in [0.2, 0.25) is 5.82 Å². The first kappa shape index (κ1) is 25.1. The van der Waals surface area contributed by atoms with E-state index < -0.39 is 0 Å². The van der Waals surface area contributed by atoms with Gasteiger partial charge in [-0.15, -0.1) is 0 Å². The SMILES string of the molecule is COCC1(C)CC(c2nc(-c3cccc(C(=O)NCCC(=O)OC)c3)no2)=CC=C1c1ccccc1. The number of nitrogens with zero attached hydrogens (tertiary/aromatic N) is 2. The first-order valence-corrected chi connectivity index (χ1v) is 11.7. The summed E-state index contributed by atoms with van der Waals surface area (Å²) in [5.74, 6) is 0.145. The van der Waals surface area contributed by atoms with Crippen LogP contribution in [-0.2, 0) is 14.3 Å². The molecule has 8 heteroatoms. The highest BCUT2D eigenvalue weighted by molar-refractivity contribution is 5.95. The third-order valence-corrected chi connectivity index (χ3v) is 6.16. The molecular formula is C28H29N3O5. The summed E-state index contributed by atoms with van der Waals surface area (Å²) in [5, 5.41) is 6.86. The number of rotatable bonds is 9. The average molecular weight is 488 g/mol. The molecule has 0 bridgehead atoms. The molecule has 1 unspecified atom stereocenters. The zero-order chi connectivity index (χ0) is 25.5. The first-order valence-electron chi connectivity index (χ1n) is 11.7. The summed E-state index contributed by atoms with van der Waals surface area (Å²) >= 11 is 0. The number of hydrogen-bond donors (Lipinski definition) is 1. The van der Waals surface area contributed by atoms with Crippen LogP contribution < -0.4 is 5.32 Å². The number of ether oxygens (including phenoxy) is 2. The minimum atomic E-state index is -0.382. The van der Waals surface area contributed by atoms with Crippen molar-refractivity contribution in [3.8, 4) is 11.4 Å². The minimum Gasteiger partial charge on any atom is -0.469 e. The number of esters is 1. The van der Waals surface area contributed by atoms with Gasteiger partial charge in [0.15, 0.2) is 0 Å². The number of benzene rings is 2. The van der Waals surface area contributed by atoms with Crippen LogP contribution in [0, 0.1) is 5.41 Å². The van der Waals surface area contributed by atoms with Crippen molar-refractivity contribution in [2.24, 2.45) is 5.41 Å². The molecule has 186 valence electrons. The molecule has 0 radical (unpaired) electrons. The Hall–Kier alpha value is -4.04. The fourth-order valence-corrected chi connectivity index (χ4v) is 4.37. The molecule has 1 aliphatic rings. The Kier molecular flexibility index (Phi) is 7.75. The highest BCUT2D eigenvalue weighted by Crippen LogP contribution is 2.45. The van der Waals surface area contributed by atoms with Crippen LogP contribution in [0.2, 0.25) is 0 Å². The number of amides is 1. The van der Waals surface area contributed by atoms with Gasteiger partial charge in [-0.1, -0.05) is 66.7 Å². The van der Waals surface area contributed by atoms with Gasteiger partial charge in [-0.3, -0.25) is 9.59 Å². The normalized spacial score (nSPS) is 17.2. The van der Waals surface area contributed by atoms with Crippen molar-refractivity contribution in [3.63, 3.8) is 0 Å². The number of methoxy groups -OCH3 is 2. The van der Waals surface area contributed by atoms with Crippen LogP contribution in [0.25, 0.3) is 22.5 Å². The number of nitrogens with one attached hydrogen (secondary N) is 1. The average Bonchev–Trinajstić information content (AvgIpc) is 3.39. The molecular weight excluding hydrogens is 458 g/mol. The molecule has 1 amide bonds. The second-order valence-electron chi connectivity index (χ2n) is 8.89. The molecule has 1 heterocycles. The van der Waals surface area contributed by atoms with E-state index in [0.717, 1.165) is 11.1 Å². The van der Waals surface area contributed by atoms with Gasteiger partial charge in [-0.25, -0.2) is 0 Å². The Bertz CT molecular complexity index is 1300. The molecule has 0 saturated carbocycles. The predicted molar refractivity (Wildman–Crippen MR) is 136 cm³/mol. The Morgan fingerprint density at radius 3 is 2.58 bits per heavy atom. The van der Waals surface area contributed by atoms with Crippen LogP contribution in [0.4, 0.5) is 0 Å². The van der Waals surface area contributed by atoms with Crippen molar-refractivity contribution in [1.82, 2.24) is 15.5 Å². The molecule has 3 aromatic rings. The Morgan fingerprint density at radius 1 is 1.06 bits per heavy atom. The van der Waals surface area contributed by atoms with Gasteiger partial charge >= 0.3 is 5.97 Å². The zero-order valence-corrected chi connectivity index (χ0v) is 20.6. The van der Waals surface area contributed by atoms with E-state index in [1.54, 1.807) is 25.3 Å². The summed E-state index contributed by atoms with van der Waals surface area (Å²) in [6.45, 7) is 2.90. The van der Waals surface area contributed by atoms with Gasteiger partial charge in [-0.05, 0) is 29.7 Å². The van der Waals surface area contributed by atoms with Crippen molar-refractivity contribution in [1.29, 1.82) is 0 Å². The topological polar surface area (TPSA) is 104 Å². The minimum absolute atomic E-state index is 0.105. The smallest absolute Gasteiger partial charge is 0.307 e. The maximum absolute atomic E-state index is 12.5. The summed E-state index contributed by atoms with van der Waals surface area (Å²) < 4.78 is 15.8. The van der Waals surface area contributed by atoms with Crippen molar-refractivity contribution in [2.75, 3.05) is 27.4 Å². The highest BCUT2D eigenvalue weighted by atomic mass is 16.5. The second-order valence-corrected chi connectivity index (χ2v) is 8.89. The van der Waals surface area contributed by atoms with Gasteiger partial charge in [0, 0.05) is 35.8 Å². The van der Waals surface area contributed by atoms with Crippen LogP contribution in [0.15, 0.2) is 71.3 Å². The van der Waals surface area contributed by atoms with Crippen molar-refractivity contribution in [3.05, 3.63) is 83.8 Å². The van der Waals surface area contributed by atoms with E-state index >= 15 is 0 Å². The van der Waals surface area contributed by atoms with E-state index in [-0.39, 0.29) is 30.3 Å². The summed E-state index contributed by atoms with van der Waals surface area (Å²) in [4.78, 5) is 28.3. The molecule has 0 saturated heterocycles. The van der Waals surface area contributed by atoms with Gasteiger partial charge in [0.1, 0.15) is 0 Å². The number of carbonyl (C=O) groups is 2. The van der Waals surface area contributed by atoms with Crippen LogP contribution >= 0.6 is 0 Å². The van der Waals surface area contributed by atoms with E-state index in [9.17, 15) is 9.59 Å². The fourth-order valence-electron chi connectivity index (χ4n) is 4.37. The van der Waals surface area contributed by atoms with E-state index in [2.05, 4.69) is 45.3 Å². The molecule has 8 nitrogen and oxygen atoms in total. The highest BCUT2D eigenvalue weighted by Gasteiger charge is 2.35. The summed E-state index contributed by atoms with van der Waals surface area (Å²) in [5.41, 5.74) is 4.09. The van der Waals surface area contributed by atoms with E-state index in [4.69, 9.17) is 9.26 Å². The number of allylic oxidation sites excluding steroid dienone is 3. The van der Waals surface area contributed by atoms with E-state index in [0.29, 0.717) is 35.9 Å². The predicted octanol–water partition coefficient (Wildman–Crippen LogP) is 4.55. The Morgan fingerprint density at radius 2 is 1.83 bits per heavy atom. The fraction of sp³-hybridized carbons (Fsp3) is 0.286. The lowest BCUT2D eigenvalue weighted by Crippen LogP contribution is -2.27. The number of carbonyl (C=O) groups excluding carboxylic acids is 2. The maximum atomic E-state index is 12.5. The molecule has 4 rings (SSSR count). The molecule has 1 aliphatic carbocycles. The lowest BCUT2D eigenvalue weighted by Gasteiger charge is -2.34. The lowest BCUT2D eigenvalue weighted by molar-refractivity contribution is -0.140. The van der Waals surface area contributed by atoms with Crippen molar-refractivity contribution < 1.29 is 23.6 Å². The van der Waals surface area contributed by atoms with E-state index in [1.807, 2.05) is 30.3 Å². The van der Waals surface area contributed by atoms with Crippen molar-refractivity contribution >= 4 is 23.0 Å². The Balaban J connectivity index is 1.54. The quantitative estimate of drug-likeness (QED) is 0.442. The summed E-state index contributed by atoms with van der Waals surface area (Å²) in [6, 6.07) is 17.2. The Labute approximate surface area is 210 Å². The van der Waals surface area contributed by atoms with Gasteiger partial charge < -0.3 is 19.3 Å². The third kappa shape index (κ3) is 5.60. The van der Waals surface area contributed by atoms with Crippen LogP contribution in [0.3, 0.4) is 0 Å². The molecule has 0 aliphatic heterocycles. The lowest BCUT2D eigenvalue weighted by atomic mass is 9.71. The van der Waals surface area contributed by atoms with Gasteiger partial charge in [-0.2, -0.15) is 4.98 Å². The second kappa shape index (κ2) is 11.1. The monoisotopic (exact) mass is 487 g/mol. The van der Waals surface area contributed by atoms with Gasteiger partial charge in [0.05, 0.1) is 20.1 Å². The van der Waals surface area contributed by atoms with Crippen LogP contribution in [0.1, 0.15) is 41.6 Å². The standard InChI is InChI=1S/C28H29N3O5/c1-28(18-34-2)17-22(12-13-23(28)19-8-5-4-6-9-19)27-30-25(31-36-27)20-10-7-11-21(16-20)26(33)29-15-14-24(32)35-3/h4-13,16H,14-15,17-18H2,1-3H3,(H,29,33). The molecule has 2 aromatic carbocycles. The number of aromatic nitrogens is 2.